The fourth-order valence-electron chi connectivity index (χ4n) is 2.28. The molecule has 0 aliphatic carbocycles. The van der Waals surface area contributed by atoms with Crippen molar-refractivity contribution in [1.82, 2.24) is 0 Å². The zero-order valence-electron chi connectivity index (χ0n) is 11.2. The van der Waals surface area contributed by atoms with Gasteiger partial charge in [-0.3, -0.25) is 0 Å². The molecule has 0 bridgehead atoms. The number of halogens is 1. The smallest absolute Gasteiger partial charge is 0.302 e. The normalized spacial score (nSPS) is 15.4. The molecule has 22 heavy (non-hydrogen) atoms. The van der Waals surface area contributed by atoms with Crippen molar-refractivity contribution in [2.75, 3.05) is 5.32 Å². The predicted octanol–water partition coefficient (Wildman–Crippen LogP) is 3.43. The average molecular weight is 335 g/mol. The number of hydrogen-bond donors (Lipinski definition) is 2. The third-order valence-electron chi connectivity index (χ3n) is 3.27. The number of fused-ring (bicyclic) bond motifs is 1. The SMILES string of the molecule is C=C(c1ccccc1Cl)c1cccc2c1NC(O)=NS2(=O)=O. The van der Waals surface area contributed by atoms with E-state index < -0.39 is 16.0 Å². The van der Waals surface area contributed by atoms with Crippen molar-refractivity contribution in [3.8, 4) is 0 Å². The van der Waals surface area contributed by atoms with Gasteiger partial charge in [0.2, 0.25) is 0 Å². The van der Waals surface area contributed by atoms with E-state index in [-0.39, 0.29) is 10.6 Å². The number of benzene rings is 2. The predicted molar refractivity (Wildman–Crippen MR) is 86.9 cm³/mol. The number of nitrogens with one attached hydrogen (secondary N) is 1. The van der Waals surface area contributed by atoms with Gasteiger partial charge >= 0.3 is 6.02 Å². The minimum Gasteiger partial charge on any atom is -0.480 e. The molecule has 1 aliphatic heterocycles. The molecule has 3 rings (SSSR count). The first-order chi connectivity index (χ1) is 10.4. The van der Waals surface area contributed by atoms with E-state index in [1.807, 2.05) is 6.07 Å². The molecule has 2 aromatic rings. The average Bonchev–Trinajstić information content (AvgIpc) is 2.45. The van der Waals surface area contributed by atoms with Gasteiger partial charge in [0, 0.05) is 16.1 Å². The van der Waals surface area contributed by atoms with Crippen LogP contribution < -0.4 is 5.32 Å². The summed E-state index contributed by atoms with van der Waals surface area (Å²) in [6, 6.07) is 11.1. The lowest BCUT2D eigenvalue weighted by atomic mass is 9.98. The Labute approximate surface area is 132 Å². The van der Waals surface area contributed by atoms with Crippen molar-refractivity contribution < 1.29 is 13.5 Å². The topological polar surface area (TPSA) is 78.8 Å². The second-order valence-corrected chi connectivity index (χ2v) is 6.63. The number of nitrogens with zero attached hydrogens (tertiary/aromatic N) is 1. The molecule has 7 heteroatoms. The number of aliphatic hydroxyl groups is 1. The molecule has 0 spiro atoms. The lowest BCUT2D eigenvalue weighted by Crippen LogP contribution is -2.21. The summed E-state index contributed by atoms with van der Waals surface area (Å²) in [6.07, 6.45) is 0. The molecule has 0 amide bonds. The third kappa shape index (κ3) is 2.36. The lowest BCUT2D eigenvalue weighted by molar-refractivity contribution is 0.546. The van der Waals surface area contributed by atoms with Crippen LogP contribution in [0.1, 0.15) is 11.1 Å². The van der Waals surface area contributed by atoms with Crippen LogP contribution in [0.5, 0.6) is 0 Å². The number of rotatable bonds is 2. The Bertz CT molecular complexity index is 920. The Morgan fingerprint density at radius 2 is 1.82 bits per heavy atom. The van der Waals surface area contributed by atoms with Gasteiger partial charge < -0.3 is 10.4 Å². The highest BCUT2D eigenvalue weighted by molar-refractivity contribution is 7.90. The van der Waals surface area contributed by atoms with Crippen LogP contribution in [0.25, 0.3) is 5.57 Å². The number of para-hydroxylation sites is 1. The number of sulfonamides is 1. The first-order valence-corrected chi connectivity index (χ1v) is 8.10. The summed E-state index contributed by atoms with van der Waals surface area (Å²) in [5, 5.41) is 12.6. The van der Waals surface area contributed by atoms with Crippen molar-refractivity contribution in [1.29, 1.82) is 0 Å². The van der Waals surface area contributed by atoms with Crippen LogP contribution in [0.4, 0.5) is 5.69 Å². The van der Waals surface area contributed by atoms with E-state index in [9.17, 15) is 13.5 Å². The summed E-state index contributed by atoms with van der Waals surface area (Å²) in [6.45, 7) is 4.00. The number of hydrogen-bond acceptors (Lipinski definition) is 3. The summed E-state index contributed by atoms with van der Waals surface area (Å²) in [5.41, 5.74) is 1.98. The molecule has 2 aromatic carbocycles. The van der Waals surface area contributed by atoms with Gasteiger partial charge in [-0.1, -0.05) is 48.5 Å². The van der Waals surface area contributed by atoms with E-state index in [1.165, 1.54) is 6.07 Å². The molecule has 1 aliphatic rings. The van der Waals surface area contributed by atoms with Crippen LogP contribution in [-0.2, 0) is 10.0 Å². The monoisotopic (exact) mass is 334 g/mol. The zero-order valence-corrected chi connectivity index (χ0v) is 12.8. The maximum Gasteiger partial charge on any atom is 0.302 e. The molecular weight excluding hydrogens is 324 g/mol. The minimum absolute atomic E-state index is 0.0176. The first-order valence-electron chi connectivity index (χ1n) is 6.28. The molecule has 0 aromatic heterocycles. The van der Waals surface area contributed by atoms with Gasteiger partial charge in [-0.15, -0.1) is 4.40 Å². The summed E-state index contributed by atoms with van der Waals surface area (Å²) in [5.74, 6) is 0. The van der Waals surface area contributed by atoms with Crippen molar-refractivity contribution in [2.45, 2.75) is 4.90 Å². The summed E-state index contributed by atoms with van der Waals surface area (Å²) < 4.78 is 27.3. The molecule has 112 valence electrons. The Morgan fingerprint density at radius 1 is 1.14 bits per heavy atom. The Morgan fingerprint density at radius 3 is 2.55 bits per heavy atom. The summed E-state index contributed by atoms with van der Waals surface area (Å²) in [4.78, 5) is -0.0176. The number of amidine groups is 1. The molecule has 0 saturated carbocycles. The van der Waals surface area contributed by atoms with Crippen LogP contribution in [0, 0.1) is 0 Å². The quantitative estimate of drug-likeness (QED) is 0.882. The molecule has 0 atom stereocenters. The van der Waals surface area contributed by atoms with Crippen LogP contribution in [-0.4, -0.2) is 19.5 Å². The fraction of sp³-hybridized carbons (Fsp3) is 0. The van der Waals surface area contributed by atoms with Gasteiger partial charge in [0.25, 0.3) is 10.0 Å². The van der Waals surface area contributed by atoms with E-state index in [0.717, 1.165) is 0 Å². The van der Waals surface area contributed by atoms with Crippen molar-refractivity contribution in [3.63, 3.8) is 0 Å². The summed E-state index contributed by atoms with van der Waals surface area (Å²) in [7, 11) is -3.94. The van der Waals surface area contributed by atoms with E-state index >= 15 is 0 Å². The molecule has 2 N–H and O–H groups in total. The van der Waals surface area contributed by atoms with E-state index in [1.54, 1.807) is 30.3 Å². The number of aliphatic hydroxyl groups excluding tert-OH is 1. The highest BCUT2D eigenvalue weighted by atomic mass is 35.5. The molecule has 0 unspecified atom stereocenters. The summed E-state index contributed by atoms with van der Waals surface area (Å²) >= 11 is 6.16. The van der Waals surface area contributed by atoms with Crippen LogP contribution >= 0.6 is 11.6 Å². The van der Waals surface area contributed by atoms with Crippen molar-refractivity contribution in [3.05, 3.63) is 65.2 Å². The van der Waals surface area contributed by atoms with Crippen LogP contribution in [0.15, 0.2) is 58.3 Å². The van der Waals surface area contributed by atoms with Gasteiger partial charge in [0.05, 0.1) is 5.69 Å². The molecule has 0 saturated heterocycles. The van der Waals surface area contributed by atoms with E-state index in [0.29, 0.717) is 21.7 Å². The Kier molecular flexibility index (Phi) is 3.42. The highest BCUT2D eigenvalue weighted by Crippen LogP contribution is 2.37. The Hall–Kier alpha value is -2.31. The van der Waals surface area contributed by atoms with Crippen LogP contribution in [0.3, 0.4) is 0 Å². The second-order valence-electron chi connectivity index (χ2n) is 4.65. The van der Waals surface area contributed by atoms with E-state index in [2.05, 4.69) is 16.3 Å². The maximum atomic E-state index is 12.0. The van der Waals surface area contributed by atoms with Gasteiger partial charge in [-0.2, -0.15) is 8.42 Å². The fourth-order valence-corrected chi connectivity index (χ4v) is 3.57. The second kappa shape index (κ2) is 5.15. The van der Waals surface area contributed by atoms with Gasteiger partial charge in [-0.05, 0) is 17.7 Å². The molecule has 1 heterocycles. The highest BCUT2D eigenvalue weighted by Gasteiger charge is 2.27. The largest absolute Gasteiger partial charge is 0.480 e. The lowest BCUT2D eigenvalue weighted by Gasteiger charge is -2.19. The van der Waals surface area contributed by atoms with Crippen molar-refractivity contribution >= 4 is 38.9 Å². The number of anilines is 1. The van der Waals surface area contributed by atoms with E-state index in [4.69, 9.17) is 11.6 Å². The molecule has 5 nitrogen and oxygen atoms in total. The maximum absolute atomic E-state index is 12.0. The van der Waals surface area contributed by atoms with Gasteiger partial charge in [-0.25, -0.2) is 0 Å². The Balaban J connectivity index is 2.20. The minimum atomic E-state index is -3.94. The molecular formula is C15H11ClN2O3S. The van der Waals surface area contributed by atoms with Gasteiger partial charge in [0.1, 0.15) is 4.90 Å². The molecule has 0 radical (unpaired) electrons. The standard InChI is InChI=1S/C15H11ClN2O3S/c1-9(10-5-2-3-7-12(10)16)11-6-4-8-13-14(11)17-15(19)18-22(13,20)21/h2-8H,1H2,(H2,17,18,19). The van der Waals surface area contributed by atoms with Crippen LogP contribution in [0.2, 0.25) is 5.02 Å². The van der Waals surface area contributed by atoms with Crippen molar-refractivity contribution in [2.24, 2.45) is 4.40 Å². The molecule has 0 fully saturated rings. The van der Waals surface area contributed by atoms with Gasteiger partial charge in [0.15, 0.2) is 0 Å². The third-order valence-corrected chi connectivity index (χ3v) is 4.91. The first kappa shape index (κ1) is 14.6. The zero-order chi connectivity index (χ0) is 15.9.